The highest BCUT2D eigenvalue weighted by atomic mass is 19.1. The maximum absolute atomic E-state index is 13.0. The Morgan fingerprint density at radius 3 is 2.62 bits per heavy atom. The van der Waals surface area contributed by atoms with E-state index in [1.54, 1.807) is 12.1 Å². The third-order valence-corrected chi connectivity index (χ3v) is 2.81. The molecule has 0 fully saturated rings. The van der Waals surface area contributed by atoms with Gasteiger partial charge in [-0.15, -0.1) is 0 Å². The number of amides is 1. The molecule has 2 rings (SSSR count). The largest absolute Gasteiger partial charge is 0.452 e. The lowest BCUT2D eigenvalue weighted by Gasteiger charge is -2.08. The molecule has 2 aromatic rings. The Hall–Kier alpha value is -2.69. The quantitative estimate of drug-likeness (QED) is 0.880. The van der Waals surface area contributed by atoms with Crippen LogP contribution < -0.4 is 5.32 Å². The molecule has 0 spiro atoms. The fourth-order valence-corrected chi connectivity index (χ4v) is 1.73. The Kier molecular flexibility index (Phi) is 4.66. The van der Waals surface area contributed by atoms with Crippen molar-refractivity contribution in [1.29, 1.82) is 0 Å². The zero-order chi connectivity index (χ0) is 15.2. The lowest BCUT2D eigenvalue weighted by molar-refractivity contribution is -0.119. The first-order valence-corrected chi connectivity index (χ1v) is 6.34. The minimum Gasteiger partial charge on any atom is -0.452 e. The van der Waals surface area contributed by atoms with E-state index >= 15 is 0 Å². The first kappa shape index (κ1) is 14.7. The maximum atomic E-state index is 13.0. The van der Waals surface area contributed by atoms with Gasteiger partial charge in [-0.25, -0.2) is 9.18 Å². The predicted octanol–water partition coefficient (Wildman–Crippen LogP) is 2.93. The van der Waals surface area contributed by atoms with E-state index in [0.29, 0.717) is 5.69 Å². The topological polar surface area (TPSA) is 55.4 Å². The van der Waals surface area contributed by atoms with Gasteiger partial charge in [0, 0.05) is 5.69 Å². The number of carbonyl (C=O) groups is 2. The van der Waals surface area contributed by atoms with E-state index < -0.39 is 24.3 Å². The van der Waals surface area contributed by atoms with Gasteiger partial charge in [0.1, 0.15) is 5.82 Å². The van der Waals surface area contributed by atoms with Crippen LogP contribution in [0.5, 0.6) is 0 Å². The monoisotopic (exact) mass is 287 g/mol. The van der Waals surface area contributed by atoms with Crippen LogP contribution in [0.25, 0.3) is 0 Å². The van der Waals surface area contributed by atoms with Crippen molar-refractivity contribution in [1.82, 2.24) is 0 Å². The van der Waals surface area contributed by atoms with Crippen molar-refractivity contribution in [2.45, 2.75) is 6.92 Å². The highest BCUT2D eigenvalue weighted by molar-refractivity contribution is 5.95. The van der Waals surface area contributed by atoms with Crippen LogP contribution in [0.15, 0.2) is 48.5 Å². The molecule has 0 aromatic heterocycles. The van der Waals surface area contributed by atoms with Gasteiger partial charge < -0.3 is 10.1 Å². The number of halogens is 1. The first-order chi connectivity index (χ1) is 10.1. The van der Waals surface area contributed by atoms with Gasteiger partial charge in [-0.1, -0.05) is 24.3 Å². The molecule has 0 aliphatic heterocycles. The van der Waals surface area contributed by atoms with Gasteiger partial charge in [0.2, 0.25) is 0 Å². The molecule has 0 radical (unpaired) electrons. The highest BCUT2D eigenvalue weighted by Gasteiger charge is 2.11. The molecule has 0 unspecified atom stereocenters. The van der Waals surface area contributed by atoms with E-state index in [0.717, 1.165) is 11.6 Å². The summed E-state index contributed by atoms with van der Waals surface area (Å²) in [5.41, 5.74) is 1.63. The number of esters is 1. The highest BCUT2D eigenvalue weighted by Crippen LogP contribution is 2.13. The van der Waals surface area contributed by atoms with E-state index in [1.165, 1.54) is 18.2 Å². The van der Waals surface area contributed by atoms with Crippen LogP contribution in [0, 0.1) is 12.7 Å². The van der Waals surface area contributed by atoms with Crippen molar-refractivity contribution in [3.05, 3.63) is 65.5 Å². The molecule has 0 bridgehead atoms. The van der Waals surface area contributed by atoms with Crippen LogP contribution in [-0.2, 0) is 9.53 Å². The Bertz CT molecular complexity index is 670. The van der Waals surface area contributed by atoms with Crippen molar-refractivity contribution in [3.8, 4) is 0 Å². The number of rotatable bonds is 4. The molecule has 1 N–H and O–H groups in total. The minimum absolute atomic E-state index is 0.0682. The normalized spacial score (nSPS) is 10.0. The molecule has 0 atom stereocenters. The van der Waals surface area contributed by atoms with Gasteiger partial charge in [-0.2, -0.15) is 0 Å². The van der Waals surface area contributed by atoms with E-state index in [9.17, 15) is 14.0 Å². The summed E-state index contributed by atoms with van der Waals surface area (Å²) in [7, 11) is 0. The summed E-state index contributed by atoms with van der Waals surface area (Å²) in [6.45, 7) is 1.43. The van der Waals surface area contributed by atoms with Gasteiger partial charge in [0.05, 0.1) is 5.56 Å². The van der Waals surface area contributed by atoms with Crippen LogP contribution in [0.4, 0.5) is 10.1 Å². The number of aryl methyl sites for hydroxylation is 1. The molecule has 0 aliphatic rings. The molecule has 1 amide bonds. The molecule has 108 valence electrons. The summed E-state index contributed by atoms with van der Waals surface area (Å²) < 4.78 is 17.8. The van der Waals surface area contributed by atoms with Gasteiger partial charge in [0.15, 0.2) is 6.61 Å². The maximum Gasteiger partial charge on any atom is 0.338 e. The van der Waals surface area contributed by atoms with E-state index in [-0.39, 0.29) is 5.56 Å². The van der Waals surface area contributed by atoms with E-state index in [4.69, 9.17) is 4.74 Å². The number of nitrogens with one attached hydrogen (secondary N) is 1. The average molecular weight is 287 g/mol. The predicted molar refractivity (Wildman–Crippen MR) is 76.5 cm³/mol. The van der Waals surface area contributed by atoms with Crippen LogP contribution in [-0.4, -0.2) is 18.5 Å². The van der Waals surface area contributed by atoms with Crippen molar-refractivity contribution in [3.63, 3.8) is 0 Å². The average Bonchev–Trinajstić information content (AvgIpc) is 2.47. The number of anilines is 1. The van der Waals surface area contributed by atoms with Crippen molar-refractivity contribution < 1.29 is 18.7 Å². The minimum atomic E-state index is -0.741. The number of hydrogen-bond acceptors (Lipinski definition) is 3. The summed E-state index contributed by atoms with van der Waals surface area (Å²) in [6, 6.07) is 12.4. The third kappa shape index (κ3) is 4.14. The van der Waals surface area contributed by atoms with Gasteiger partial charge >= 0.3 is 5.97 Å². The SMILES string of the molecule is Cc1ccccc1NC(=O)COC(=O)c1cccc(F)c1. The third-order valence-electron chi connectivity index (χ3n) is 2.81. The van der Waals surface area contributed by atoms with Crippen LogP contribution in [0.3, 0.4) is 0 Å². The lowest BCUT2D eigenvalue weighted by atomic mass is 10.2. The van der Waals surface area contributed by atoms with Crippen molar-refractivity contribution in [2.24, 2.45) is 0 Å². The molecule has 5 heteroatoms. The number of para-hydroxylation sites is 1. The summed E-state index contributed by atoms with van der Waals surface area (Å²) in [4.78, 5) is 23.4. The van der Waals surface area contributed by atoms with Crippen LogP contribution in [0.2, 0.25) is 0 Å². The molecular weight excluding hydrogens is 273 g/mol. The van der Waals surface area contributed by atoms with Crippen molar-refractivity contribution >= 4 is 17.6 Å². The second kappa shape index (κ2) is 6.65. The number of carbonyl (C=O) groups excluding carboxylic acids is 2. The smallest absolute Gasteiger partial charge is 0.338 e. The van der Waals surface area contributed by atoms with Crippen LogP contribution >= 0.6 is 0 Å². The van der Waals surface area contributed by atoms with E-state index in [2.05, 4.69) is 5.32 Å². The Labute approximate surface area is 121 Å². The number of benzene rings is 2. The molecule has 0 heterocycles. The molecule has 4 nitrogen and oxygen atoms in total. The molecule has 0 saturated carbocycles. The summed E-state index contributed by atoms with van der Waals surface area (Å²) in [6.07, 6.45) is 0. The zero-order valence-corrected chi connectivity index (χ0v) is 11.4. The van der Waals surface area contributed by atoms with Gasteiger partial charge in [-0.3, -0.25) is 4.79 Å². The standard InChI is InChI=1S/C16H14FNO3/c1-11-5-2-3-8-14(11)18-15(19)10-21-16(20)12-6-4-7-13(17)9-12/h2-9H,10H2,1H3,(H,18,19). The molecule has 2 aromatic carbocycles. The second-order valence-electron chi connectivity index (χ2n) is 4.45. The zero-order valence-electron chi connectivity index (χ0n) is 11.4. The van der Waals surface area contributed by atoms with Crippen molar-refractivity contribution in [2.75, 3.05) is 11.9 Å². The number of ether oxygens (including phenoxy) is 1. The second-order valence-corrected chi connectivity index (χ2v) is 4.45. The summed E-state index contributed by atoms with van der Waals surface area (Å²) in [5, 5.41) is 2.64. The first-order valence-electron chi connectivity index (χ1n) is 6.34. The Morgan fingerprint density at radius 2 is 1.90 bits per heavy atom. The lowest BCUT2D eigenvalue weighted by Crippen LogP contribution is -2.21. The summed E-state index contributed by atoms with van der Waals surface area (Å²) in [5.74, 6) is -1.72. The molecule has 0 aliphatic carbocycles. The number of hydrogen-bond donors (Lipinski definition) is 1. The van der Waals surface area contributed by atoms with Gasteiger partial charge in [0.25, 0.3) is 5.91 Å². The van der Waals surface area contributed by atoms with E-state index in [1.807, 2.05) is 19.1 Å². The van der Waals surface area contributed by atoms with Crippen LogP contribution in [0.1, 0.15) is 15.9 Å². The Balaban J connectivity index is 1.90. The fraction of sp³-hybridized carbons (Fsp3) is 0.125. The fourth-order valence-electron chi connectivity index (χ4n) is 1.73. The van der Waals surface area contributed by atoms with Gasteiger partial charge in [-0.05, 0) is 36.8 Å². The molecule has 0 saturated heterocycles. The molecule has 21 heavy (non-hydrogen) atoms. The molecular formula is C16H14FNO3. The Morgan fingerprint density at radius 1 is 1.14 bits per heavy atom. The summed E-state index contributed by atoms with van der Waals surface area (Å²) >= 11 is 0.